The van der Waals surface area contributed by atoms with E-state index in [9.17, 15) is 19.5 Å². The first-order valence-electron chi connectivity index (χ1n) is 6.16. The Labute approximate surface area is 129 Å². The van der Waals surface area contributed by atoms with Gasteiger partial charge in [-0.2, -0.15) is 25.3 Å². The van der Waals surface area contributed by atoms with Gasteiger partial charge in [0.25, 0.3) is 0 Å². The van der Waals surface area contributed by atoms with Crippen LogP contribution < -0.4 is 0 Å². The maximum Gasteiger partial charge on any atom is 0.390 e. The van der Waals surface area contributed by atoms with Crippen LogP contribution in [0.4, 0.5) is 0 Å². The lowest BCUT2D eigenvalue weighted by molar-refractivity contribution is -0.237. The minimum absolute atomic E-state index is 0.0847. The van der Waals surface area contributed by atoms with Crippen molar-refractivity contribution in [3.05, 3.63) is 0 Å². The second-order valence-electron chi connectivity index (χ2n) is 4.47. The van der Waals surface area contributed by atoms with Crippen molar-refractivity contribution in [3.63, 3.8) is 0 Å². The summed E-state index contributed by atoms with van der Waals surface area (Å²) in [5, 5.41) is 8.61. The highest BCUT2D eigenvalue weighted by Gasteiger charge is 2.45. The lowest BCUT2D eigenvalue weighted by atomic mass is 10.2. The number of ether oxygens (including phenoxy) is 2. The Morgan fingerprint density at radius 1 is 1.05 bits per heavy atom. The van der Waals surface area contributed by atoms with Crippen LogP contribution in [0.25, 0.3) is 0 Å². The van der Waals surface area contributed by atoms with Gasteiger partial charge in [0.15, 0.2) is 0 Å². The number of esters is 2. The van der Waals surface area contributed by atoms with E-state index < -0.39 is 23.7 Å². The van der Waals surface area contributed by atoms with Crippen molar-refractivity contribution in [1.29, 1.82) is 0 Å². The van der Waals surface area contributed by atoms with Gasteiger partial charge in [-0.25, -0.2) is 4.79 Å². The molecule has 0 aromatic rings. The molecule has 0 rings (SSSR count). The maximum atomic E-state index is 11.6. The molecule has 1 N–H and O–H groups in total. The first kappa shape index (κ1) is 19.1. The van der Waals surface area contributed by atoms with Crippen LogP contribution in [0.5, 0.6) is 0 Å². The summed E-state index contributed by atoms with van der Waals surface area (Å²) < 4.78 is 9.71. The van der Waals surface area contributed by atoms with Gasteiger partial charge in [-0.1, -0.05) is 20.8 Å². The van der Waals surface area contributed by atoms with Gasteiger partial charge in [0.2, 0.25) is 0 Å². The summed E-state index contributed by atoms with van der Waals surface area (Å²) >= 11 is 8.03. The Balaban J connectivity index is 4.96. The van der Waals surface area contributed by atoms with E-state index in [1.54, 1.807) is 13.8 Å². The minimum atomic E-state index is -2.29. The number of hydrogen-bond donors (Lipinski definition) is 3. The van der Waals surface area contributed by atoms with E-state index in [1.165, 1.54) is 6.92 Å². The molecule has 0 aliphatic carbocycles. The van der Waals surface area contributed by atoms with Crippen molar-refractivity contribution in [1.82, 2.24) is 0 Å². The predicted molar refractivity (Wildman–Crippen MR) is 79.0 cm³/mol. The molecule has 0 heterocycles. The van der Waals surface area contributed by atoms with Gasteiger partial charge >= 0.3 is 23.7 Å². The van der Waals surface area contributed by atoms with Crippen LogP contribution in [0.15, 0.2) is 0 Å². The number of carboxylic acids is 1. The van der Waals surface area contributed by atoms with Crippen molar-refractivity contribution in [3.8, 4) is 0 Å². The molecule has 6 nitrogen and oxygen atoms in total. The average Bonchev–Trinajstić information content (AvgIpc) is 2.25. The Hall–Kier alpha value is -0.890. The van der Waals surface area contributed by atoms with Crippen LogP contribution in [0.1, 0.15) is 40.0 Å². The topological polar surface area (TPSA) is 89.9 Å². The van der Waals surface area contributed by atoms with Crippen molar-refractivity contribution >= 4 is 43.2 Å². The van der Waals surface area contributed by atoms with Crippen molar-refractivity contribution in [2.75, 3.05) is 0 Å². The molecule has 0 fully saturated rings. The molecule has 0 aliphatic rings. The second-order valence-corrected chi connectivity index (χ2v) is 6.23. The maximum absolute atomic E-state index is 11.6. The minimum Gasteiger partial charge on any atom is -0.475 e. The van der Waals surface area contributed by atoms with Crippen LogP contribution in [-0.4, -0.2) is 39.3 Å². The quantitative estimate of drug-likeness (QED) is 0.357. The van der Waals surface area contributed by atoms with E-state index in [0.29, 0.717) is 0 Å². The van der Waals surface area contributed by atoms with E-state index >= 15 is 0 Å². The number of carbonyl (C=O) groups excluding carboxylic acids is 2. The summed E-state index contributed by atoms with van der Waals surface area (Å²) in [6.45, 7) is 4.77. The van der Waals surface area contributed by atoms with Crippen LogP contribution in [0.3, 0.4) is 0 Å². The van der Waals surface area contributed by atoms with Gasteiger partial charge < -0.3 is 14.6 Å². The molecule has 0 bridgehead atoms. The first-order valence-corrected chi connectivity index (χ1v) is 7.19. The van der Waals surface area contributed by atoms with E-state index in [4.69, 9.17) is 9.47 Å². The third-order valence-electron chi connectivity index (χ3n) is 2.27. The summed E-state index contributed by atoms with van der Waals surface area (Å²) in [6, 6.07) is 0. The van der Waals surface area contributed by atoms with E-state index in [-0.39, 0.29) is 29.8 Å². The smallest absolute Gasteiger partial charge is 0.390 e. The summed E-state index contributed by atoms with van der Waals surface area (Å²) in [6.07, 6.45) is -0.362. The highest BCUT2D eigenvalue weighted by atomic mass is 32.1. The number of rotatable bonds is 8. The average molecular weight is 324 g/mol. The fourth-order valence-electron chi connectivity index (χ4n) is 1.34. The van der Waals surface area contributed by atoms with Crippen molar-refractivity contribution in [2.45, 2.75) is 56.3 Å². The number of thiol groups is 2. The molecule has 20 heavy (non-hydrogen) atoms. The molecule has 0 radical (unpaired) electrons. The molecular weight excluding hydrogens is 304 g/mol. The fourth-order valence-corrected chi connectivity index (χ4v) is 1.64. The van der Waals surface area contributed by atoms with Gasteiger partial charge in [-0.3, -0.25) is 9.59 Å². The zero-order valence-electron chi connectivity index (χ0n) is 11.7. The molecule has 0 amide bonds. The van der Waals surface area contributed by atoms with Gasteiger partial charge in [0.1, 0.15) is 0 Å². The van der Waals surface area contributed by atoms with Crippen LogP contribution >= 0.6 is 25.3 Å². The number of carbonyl (C=O) groups is 3. The van der Waals surface area contributed by atoms with Crippen molar-refractivity contribution < 1.29 is 29.0 Å². The number of hydrogen-bond acceptors (Lipinski definition) is 7. The summed E-state index contributed by atoms with van der Waals surface area (Å²) in [7, 11) is 0. The molecule has 2 atom stereocenters. The molecule has 0 saturated carbocycles. The Bertz CT molecular complexity index is 343. The standard InChI is InChI=1S/C12H20O6S2/c1-4-12(11(15)16,17-9(13)5-7(2)19)18-10(14)6-8(3)20/h7-8,19-20H,4-6H2,1-3H3,(H,15,16). The Morgan fingerprint density at radius 2 is 1.40 bits per heavy atom. The van der Waals surface area contributed by atoms with Crippen LogP contribution in [-0.2, 0) is 23.9 Å². The number of aliphatic carboxylic acids is 1. The summed E-state index contributed by atoms with van der Waals surface area (Å²) in [4.78, 5) is 34.5. The highest BCUT2D eigenvalue weighted by Crippen LogP contribution is 2.22. The molecule has 0 saturated heterocycles. The molecule has 0 aliphatic heterocycles. The molecular formula is C12H20O6S2. The lowest BCUT2D eigenvalue weighted by Crippen LogP contribution is -2.47. The zero-order valence-corrected chi connectivity index (χ0v) is 13.4. The summed E-state index contributed by atoms with van der Waals surface area (Å²) in [5.41, 5.74) is 0. The van der Waals surface area contributed by atoms with E-state index in [1.807, 2.05) is 0 Å². The fraction of sp³-hybridized carbons (Fsp3) is 0.750. The zero-order chi connectivity index (χ0) is 15.9. The normalized spacial score (nSPS) is 16.6. The third-order valence-corrected chi connectivity index (χ3v) is 2.64. The van der Waals surface area contributed by atoms with Crippen molar-refractivity contribution in [2.24, 2.45) is 0 Å². The Morgan fingerprint density at radius 3 is 1.60 bits per heavy atom. The molecule has 0 aromatic heterocycles. The summed E-state index contributed by atoms with van der Waals surface area (Å²) in [5.74, 6) is -5.40. The molecule has 2 unspecified atom stereocenters. The Kier molecular flexibility index (Phi) is 8.03. The van der Waals surface area contributed by atoms with Crippen LogP contribution in [0.2, 0.25) is 0 Å². The van der Waals surface area contributed by atoms with E-state index in [0.717, 1.165) is 0 Å². The lowest BCUT2D eigenvalue weighted by Gasteiger charge is -2.28. The SMILES string of the molecule is CCC(OC(=O)CC(C)S)(OC(=O)CC(C)S)C(=O)O. The third kappa shape index (κ3) is 6.51. The second kappa shape index (κ2) is 8.41. The molecule has 0 spiro atoms. The molecule has 8 heteroatoms. The van der Waals surface area contributed by atoms with E-state index in [2.05, 4.69) is 25.3 Å². The highest BCUT2D eigenvalue weighted by molar-refractivity contribution is 7.81. The molecule has 0 aromatic carbocycles. The number of carboxylic acid groups (broad SMARTS) is 1. The van der Waals surface area contributed by atoms with Gasteiger partial charge in [-0.15, -0.1) is 0 Å². The van der Waals surface area contributed by atoms with Gasteiger partial charge in [-0.05, 0) is 0 Å². The first-order chi connectivity index (χ1) is 9.12. The largest absolute Gasteiger partial charge is 0.475 e. The van der Waals surface area contributed by atoms with Gasteiger partial charge in [0, 0.05) is 16.9 Å². The van der Waals surface area contributed by atoms with Gasteiger partial charge in [0.05, 0.1) is 12.8 Å². The monoisotopic (exact) mass is 324 g/mol. The predicted octanol–water partition coefficient (Wildman–Crippen LogP) is 1.68. The molecule has 116 valence electrons. The van der Waals surface area contributed by atoms with Crippen LogP contribution in [0, 0.1) is 0 Å².